The second-order valence-electron chi connectivity index (χ2n) is 5.21. The van der Waals surface area contributed by atoms with Gasteiger partial charge in [-0.15, -0.1) is 0 Å². The molecule has 110 valence electrons. The minimum atomic E-state index is -0.134. The third-order valence-electron chi connectivity index (χ3n) is 3.69. The zero-order valence-electron chi connectivity index (χ0n) is 11.7. The third kappa shape index (κ3) is 4.13. The average molecular weight is 279 g/mol. The molecule has 0 radical (unpaired) electrons. The lowest BCUT2D eigenvalue weighted by atomic mass is 10.0. The summed E-state index contributed by atoms with van der Waals surface area (Å²) in [5.41, 5.74) is 0.129. The van der Waals surface area contributed by atoms with Crippen molar-refractivity contribution in [3.8, 4) is 11.5 Å². The molecule has 1 aliphatic carbocycles. The summed E-state index contributed by atoms with van der Waals surface area (Å²) in [6.07, 6.45) is 2.91. The Labute approximate surface area is 118 Å². The summed E-state index contributed by atoms with van der Waals surface area (Å²) in [7, 11) is 1.60. The maximum Gasteiger partial charge on any atom is 0.257 e. The van der Waals surface area contributed by atoms with Crippen molar-refractivity contribution < 1.29 is 19.4 Å². The number of hydrogen-bond donors (Lipinski definition) is 2. The maximum atomic E-state index is 11.7. The highest BCUT2D eigenvalue weighted by Gasteiger charge is 2.41. The van der Waals surface area contributed by atoms with E-state index in [1.54, 1.807) is 31.4 Å². The van der Waals surface area contributed by atoms with Gasteiger partial charge in [-0.05, 0) is 48.9 Å². The van der Waals surface area contributed by atoms with Crippen molar-refractivity contribution in [2.45, 2.75) is 19.3 Å². The number of rotatable bonds is 8. The molecule has 1 amide bonds. The number of hydrogen-bond acceptors (Lipinski definition) is 4. The lowest BCUT2D eigenvalue weighted by Crippen LogP contribution is -2.34. The van der Waals surface area contributed by atoms with E-state index in [2.05, 4.69) is 5.32 Å². The Morgan fingerprint density at radius 1 is 1.30 bits per heavy atom. The molecular weight excluding hydrogens is 258 g/mol. The van der Waals surface area contributed by atoms with Crippen LogP contribution in [0.4, 0.5) is 0 Å². The van der Waals surface area contributed by atoms with Crippen molar-refractivity contribution in [2.75, 3.05) is 26.9 Å². The molecule has 1 fully saturated rings. The molecule has 0 heterocycles. The second-order valence-corrected chi connectivity index (χ2v) is 5.21. The predicted molar refractivity (Wildman–Crippen MR) is 74.9 cm³/mol. The van der Waals surface area contributed by atoms with Gasteiger partial charge in [-0.3, -0.25) is 4.79 Å². The fourth-order valence-electron chi connectivity index (χ4n) is 2.09. The second kappa shape index (κ2) is 6.61. The molecule has 2 N–H and O–H groups in total. The zero-order chi connectivity index (χ0) is 14.4. The summed E-state index contributed by atoms with van der Waals surface area (Å²) >= 11 is 0. The van der Waals surface area contributed by atoms with Crippen LogP contribution in [0.2, 0.25) is 0 Å². The molecule has 0 saturated heterocycles. The number of nitrogens with one attached hydrogen (secondary N) is 1. The molecule has 0 spiro atoms. The molecule has 2 rings (SSSR count). The number of benzene rings is 1. The van der Waals surface area contributed by atoms with Gasteiger partial charge in [0.2, 0.25) is 0 Å². The van der Waals surface area contributed by atoms with Crippen LogP contribution in [0.3, 0.4) is 0 Å². The standard InChI is InChI=1S/C15H21NO4/c1-19-12-2-4-13(5-3-12)20-10-14(18)16-11-15(6-7-15)8-9-17/h2-5,17H,6-11H2,1H3,(H,16,18). The van der Waals surface area contributed by atoms with E-state index in [0.717, 1.165) is 25.0 Å². The van der Waals surface area contributed by atoms with Crippen molar-refractivity contribution in [1.82, 2.24) is 5.32 Å². The average Bonchev–Trinajstić information content (AvgIpc) is 3.24. The number of methoxy groups -OCH3 is 1. The first kappa shape index (κ1) is 14.7. The molecule has 0 aliphatic heterocycles. The summed E-state index contributed by atoms with van der Waals surface area (Å²) in [6.45, 7) is 0.804. The molecule has 1 aromatic rings. The van der Waals surface area contributed by atoms with Crippen LogP contribution in [0, 0.1) is 5.41 Å². The number of carbonyl (C=O) groups excluding carboxylic acids is 1. The van der Waals surface area contributed by atoms with E-state index < -0.39 is 0 Å². The Balaban J connectivity index is 1.69. The minimum absolute atomic E-state index is 0.00152. The smallest absolute Gasteiger partial charge is 0.257 e. The topological polar surface area (TPSA) is 67.8 Å². The van der Waals surface area contributed by atoms with Crippen LogP contribution in [-0.2, 0) is 4.79 Å². The molecule has 5 heteroatoms. The molecular formula is C15H21NO4. The van der Waals surface area contributed by atoms with Gasteiger partial charge in [0, 0.05) is 13.2 Å². The van der Waals surface area contributed by atoms with E-state index in [4.69, 9.17) is 14.6 Å². The van der Waals surface area contributed by atoms with Crippen molar-refractivity contribution in [3.05, 3.63) is 24.3 Å². The molecule has 1 saturated carbocycles. The molecule has 1 aromatic carbocycles. The number of amides is 1. The van der Waals surface area contributed by atoms with Crippen molar-refractivity contribution >= 4 is 5.91 Å². The fraction of sp³-hybridized carbons (Fsp3) is 0.533. The summed E-state index contributed by atoms with van der Waals surface area (Å²) in [6, 6.07) is 7.10. The largest absolute Gasteiger partial charge is 0.497 e. The third-order valence-corrected chi connectivity index (χ3v) is 3.69. The number of carbonyl (C=O) groups is 1. The lowest BCUT2D eigenvalue weighted by Gasteiger charge is -2.14. The van der Waals surface area contributed by atoms with Gasteiger partial charge in [0.1, 0.15) is 11.5 Å². The van der Waals surface area contributed by atoms with Crippen LogP contribution >= 0.6 is 0 Å². The normalized spacial score (nSPS) is 15.5. The van der Waals surface area contributed by atoms with Crippen LogP contribution < -0.4 is 14.8 Å². The van der Waals surface area contributed by atoms with E-state index >= 15 is 0 Å². The van der Waals surface area contributed by atoms with Gasteiger partial charge in [-0.2, -0.15) is 0 Å². The number of ether oxygens (including phenoxy) is 2. The van der Waals surface area contributed by atoms with E-state index in [-0.39, 0.29) is 24.5 Å². The van der Waals surface area contributed by atoms with Gasteiger partial charge in [0.05, 0.1) is 7.11 Å². The van der Waals surface area contributed by atoms with Crippen molar-refractivity contribution in [1.29, 1.82) is 0 Å². The van der Waals surface area contributed by atoms with Crippen LogP contribution in [-0.4, -0.2) is 37.9 Å². The summed E-state index contributed by atoms with van der Waals surface area (Å²) in [5, 5.41) is 11.8. The van der Waals surface area contributed by atoms with Gasteiger partial charge in [0.25, 0.3) is 5.91 Å². The Kier molecular flexibility index (Phi) is 4.84. The molecule has 0 unspecified atom stereocenters. The van der Waals surface area contributed by atoms with E-state index in [1.165, 1.54) is 0 Å². The van der Waals surface area contributed by atoms with Crippen LogP contribution in [0.5, 0.6) is 11.5 Å². The highest BCUT2D eigenvalue weighted by molar-refractivity contribution is 5.77. The van der Waals surface area contributed by atoms with E-state index in [0.29, 0.717) is 12.3 Å². The van der Waals surface area contributed by atoms with E-state index in [1.807, 2.05) is 0 Å². The van der Waals surface area contributed by atoms with E-state index in [9.17, 15) is 4.79 Å². The highest BCUT2D eigenvalue weighted by atomic mass is 16.5. The lowest BCUT2D eigenvalue weighted by molar-refractivity contribution is -0.123. The summed E-state index contributed by atoms with van der Waals surface area (Å²) in [5.74, 6) is 1.25. The van der Waals surface area contributed by atoms with Gasteiger partial charge in [0.15, 0.2) is 6.61 Å². The van der Waals surface area contributed by atoms with Crippen LogP contribution in [0.1, 0.15) is 19.3 Å². The number of aliphatic hydroxyl groups is 1. The van der Waals surface area contributed by atoms with Crippen LogP contribution in [0.15, 0.2) is 24.3 Å². The summed E-state index contributed by atoms with van der Waals surface area (Å²) in [4.78, 5) is 11.7. The Morgan fingerprint density at radius 2 is 1.95 bits per heavy atom. The first-order valence-corrected chi connectivity index (χ1v) is 6.82. The molecule has 0 aromatic heterocycles. The minimum Gasteiger partial charge on any atom is -0.497 e. The van der Waals surface area contributed by atoms with Gasteiger partial charge in [-0.25, -0.2) is 0 Å². The Morgan fingerprint density at radius 3 is 2.50 bits per heavy atom. The zero-order valence-corrected chi connectivity index (χ0v) is 11.7. The fourth-order valence-corrected chi connectivity index (χ4v) is 2.09. The van der Waals surface area contributed by atoms with Crippen LogP contribution in [0.25, 0.3) is 0 Å². The first-order valence-electron chi connectivity index (χ1n) is 6.82. The molecule has 0 atom stereocenters. The molecule has 20 heavy (non-hydrogen) atoms. The molecule has 1 aliphatic rings. The predicted octanol–water partition coefficient (Wildman–Crippen LogP) is 1.35. The summed E-state index contributed by atoms with van der Waals surface area (Å²) < 4.78 is 10.4. The Hall–Kier alpha value is -1.75. The SMILES string of the molecule is COc1ccc(OCC(=O)NCC2(CCO)CC2)cc1. The quantitative estimate of drug-likeness (QED) is 0.754. The van der Waals surface area contributed by atoms with Gasteiger partial charge < -0.3 is 19.9 Å². The van der Waals surface area contributed by atoms with Gasteiger partial charge >= 0.3 is 0 Å². The maximum absolute atomic E-state index is 11.7. The van der Waals surface area contributed by atoms with Crippen molar-refractivity contribution in [3.63, 3.8) is 0 Å². The monoisotopic (exact) mass is 279 g/mol. The molecule has 5 nitrogen and oxygen atoms in total. The van der Waals surface area contributed by atoms with Crippen molar-refractivity contribution in [2.24, 2.45) is 5.41 Å². The Bertz CT molecular complexity index is 440. The van der Waals surface area contributed by atoms with Gasteiger partial charge in [-0.1, -0.05) is 0 Å². The molecule has 0 bridgehead atoms. The first-order chi connectivity index (χ1) is 9.67. The highest BCUT2D eigenvalue weighted by Crippen LogP contribution is 2.47. The number of aliphatic hydroxyl groups excluding tert-OH is 1.